The molecule has 0 atom stereocenters. The molecule has 1 aromatic carbocycles. The van der Waals surface area contributed by atoms with E-state index in [1.54, 1.807) is 12.1 Å². The molecule has 0 bridgehead atoms. The van der Waals surface area contributed by atoms with E-state index < -0.39 is 0 Å². The van der Waals surface area contributed by atoms with Crippen LogP contribution in [0.5, 0.6) is 5.75 Å². The molecule has 0 radical (unpaired) electrons. The van der Waals surface area contributed by atoms with E-state index in [0.717, 1.165) is 0 Å². The first-order chi connectivity index (χ1) is 8.20. The fourth-order valence-electron chi connectivity index (χ4n) is 1.29. The van der Waals surface area contributed by atoms with Crippen molar-refractivity contribution >= 4 is 17.5 Å². The van der Waals surface area contributed by atoms with E-state index in [1.165, 1.54) is 30.5 Å². The van der Waals surface area contributed by atoms with Crippen LogP contribution in [0.15, 0.2) is 30.9 Å². The van der Waals surface area contributed by atoms with Gasteiger partial charge in [-0.1, -0.05) is 11.6 Å². The Balaban J connectivity index is 2.26. The lowest BCUT2D eigenvalue weighted by atomic mass is 10.2. The van der Waals surface area contributed by atoms with Crippen LogP contribution in [0.3, 0.4) is 0 Å². The second-order valence-corrected chi connectivity index (χ2v) is 3.59. The topological polar surface area (TPSA) is 69.0 Å². The second kappa shape index (κ2) is 4.84. The standard InChI is InChI=1S/C10H9ClN4O2/c1-17-9-3-2-7(11)4-8(9)10(16)14-15-5-12-13-6-15/h2-6H,1H3,(H,14,16). The maximum atomic E-state index is 11.9. The van der Waals surface area contributed by atoms with Gasteiger partial charge in [0.25, 0.3) is 5.91 Å². The molecule has 0 fully saturated rings. The summed E-state index contributed by atoms with van der Waals surface area (Å²) >= 11 is 5.83. The number of hydrogen-bond donors (Lipinski definition) is 1. The molecule has 1 aromatic heterocycles. The molecule has 88 valence electrons. The quantitative estimate of drug-likeness (QED) is 0.895. The number of ether oxygens (including phenoxy) is 1. The molecule has 0 spiro atoms. The average Bonchev–Trinajstić information content (AvgIpc) is 2.81. The first-order valence-corrected chi connectivity index (χ1v) is 5.08. The Morgan fingerprint density at radius 1 is 1.41 bits per heavy atom. The van der Waals surface area contributed by atoms with Crippen molar-refractivity contribution in [1.29, 1.82) is 0 Å². The number of methoxy groups -OCH3 is 1. The lowest BCUT2D eigenvalue weighted by Gasteiger charge is -2.09. The lowest BCUT2D eigenvalue weighted by Crippen LogP contribution is -2.22. The number of carbonyl (C=O) groups excluding carboxylic acids is 1. The number of rotatable bonds is 3. The summed E-state index contributed by atoms with van der Waals surface area (Å²) < 4.78 is 6.42. The molecule has 7 heteroatoms. The van der Waals surface area contributed by atoms with Crippen molar-refractivity contribution in [3.05, 3.63) is 41.4 Å². The van der Waals surface area contributed by atoms with E-state index in [0.29, 0.717) is 16.3 Å². The summed E-state index contributed by atoms with van der Waals surface area (Å²) in [4.78, 5) is 11.9. The van der Waals surface area contributed by atoms with E-state index in [4.69, 9.17) is 16.3 Å². The zero-order valence-electron chi connectivity index (χ0n) is 8.92. The van der Waals surface area contributed by atoms with Gasteiger partial charge in [0.05, 0.1) is 12.7 Å². The summed E-state index contributed by atoms with van der Waals surface area (Å²) in [5.41, 5.74) is 2.90. The minimum absolute atomic E-state index is 0.341. The molecule has 0 aliphatic carbocycles. The minimum Gasteiger partial charge on any atom is -0.496 e. The number of benzene rings is 1. The molecular formula is C10H9ClN4O2. The zero-order chi connectivity index (χ0) is 12.3. The van der Waals surface area contributed by atoms with Crippen LogP contribution in [-0.4, -0.2) is 27.9 Å². The predicted octanol–water partition coefficient (Wildman–Crippen LogP) is 1.32. The number of hydrogen-bond acceptors (Lipinski definition) is 4. The summed E-state index contributed by atoms with van der Waals surface area (Å²) in [6.45, 7) is 0. The maximum absolute atomic E-state index is 11.9. The van der Waals surface area contributed by atoms with Gasteiger partial charge in [0.15, 0.2) is 0 Å². The van der Waals surface area contributed by atoms with Gasteiger partial charge in [-0.25, -0.2) is 4.68 Å². The number of amides is 1. The number of carbonyl (C=O) groups is 1. The smallest absolute Gasteiger partial charge is 0.273 e. The van der Waals surface area contributed by atoms with Crippen molar-refractivity contribution in [2.45, 2.75) is 0 Å². The van der Waals surface area contributed by atoms with Crippen LogP contribution < -0.4 is 10.2 Å². The van der Waals surface area contributed by atoms with Crippen LogP contribution in [0.2, 0.25) is 5.02 Å². The normalized spacial score (nSPS) is 10.0. The third kappa shape index (κ3) is 2.54. The summed E-state index contributed by atoms with van der Waals surface area (Å²) in [5.74, 6) is 0.0872. The Kier molecular flexibility index (Phi) is 3.24. The number of nitrogens with one attached hydrogen (secondary N) is 1. The van der Waals surface area contributed by atoms with Gasteiger partial charge in [-0.3, -0.25) is 10.2 Å². The van der Waals surface area contributed by atoms with Crippen molar-refractivity contribution in [1.82, 2.24) is 14.9 Å². The van der Waals surface area contributed by atoms with Crippen molar-refractivity contribution in [3.8, 4) is 5.75 Å². The molecule has 17 heavy (non-hydrogen) atoms. The molecular weight excluding hydrogens is 244 g/mol. The van der Waals surface area contributed by atoms with Gasteiger partial charge >= 0.3 is 0 Å². The van der Waals surface area contributed by atoms with Crippen LogP contribution in [0.25, 0.3) is 0 Å². The first kappa shape index (κ1) is 11.4. The number of nitrogens with zero attached hydrogens (tertiary/aromatic N) is 3. The van der Waals surface area contributed by atoms with Crippen molar-refractivity contribution in [2.75, 3.05) is 12.5 Å². The molecule has 2 rings (SSSR count). The molecule has 1 N–H and O–H groups in total. The average molecular weight is 253 g/mol. The molecule has 0 saturated carbocycles. The Bertz CT molecular complexity index is 527. The number of halogens is 1. The SMILES string of the molecule is COc1ccc(Cl)cc1C(=O)Nn1cnnc1. The van der Waals surface area contributed by atoms with Gasteiger partial charge in [-0.15, -0.1) is 10.2 Å². The van der Waals surface area contributed by atoms with E-state index >= 15 is 0 Å². The van der Waals surface area contributed by atoms with E-state index in [1.807, 2.05) is 0 Å². The molecule has 0 saturated heterocycles. The van der Waals surface area contributed by atoms with Gasteiger partial charge < -0.3 is 4.74 Å². The Labute approximate surface area is 102 Å². The lowest BCUT2D eigenvalue weighted by molar-refractivity contribution is 0.100. The van der Waals surface area contributed by atoms with Crippen molar-refractivity contribution in [3.63, 3.8) is 0 Å². The molecule has 2 aromatic rings. The van der Waals surface area contributed by atoms with Gasteiger partial charge in [0, 0.05) is 5.02 Å². The fraction of sp³-hybridized carbons (Fsp3) is 0.100. The highest BCUT2D eigenvalue weighted by Crippen LogP contribution is 2.22. The maximum Gasteiger partial charge on any atom is 0.273 e. The largest absolute Gasteiger partial charge is 0.496 e. The van der Waals surface area contributed by atoms with Crippen LogP contribution >= 0.6 is 11.6 Å². The highest BCUT2D eigenvalue weighted by atomic mass is 35.5. The zero-order valence-corrected chi connectivity index (χ0v) is 9.68. The van der Waals surface area contributed by atoms with Crippen LogP contribution in [0.1, 0.15) is 10.4 Å². The Hall–Kier alpha value is -2.08. The molecule has 1 amide bonds. The second-order valence-electron chi connectivity index (χ2n) is 3.15. The fourth-order valence-corrected chi connectivity index (χ4v) is 1.47. The van der Waals surface area contributed by atoms with Crippen LogP contribution in [0, 0.1) is 0 Å². The van der Waals surface area contributed by atoms with Crippen molar-refractivity contribution < 1.29 is 9.53 Å². The Morgan fingerprint density at radius 3 is 2.76 bits per heavy atom. The summed E-state index contributed by atoms with van der Waals surface area (Å²) in [6.07, 6.45) is 2.74. The van der Waals surface area contributed by atoms with E-state index in [2.05, 4.69) is 15.6 Å². The van der Waals surface area contributed by atoms with E-state index in [-0.39, 0.29) is 5.91 Å². The van der Waals surface area contributed by atoms with Crippen LogP contribution in [0.4, 0.5) is 0 Å². The molecule has 0 unspecified atom stereocenters. The molecule has 0 aliphatic rings. The van der Waals surface area contributed by atoms with E-state index in [9.17, 15) is 4.79 Å². The van der Waals surface area contributed by atoms with Gasteiger partial charge in [-0.05, 0) is 18.2 Å². The van der Waals surface area contributed by atoms with Crippen LogP contribution in [-0.2, 0) is 0 Å². The summed E-state index contributed by atoms with van der Waals surface area (Å²) in [5, 5.41) is 7.60. The molecule has 6 nitrogen and oxygen atoms in total. The monoisotopic (exact) mass is 252 g/mol. The predicted molar refractivity (Wildman–Crippen MR) is 61.7 cm³/mol. The highest BCUT2D eigenvalue weighted by Gasteiger charge is 2.13. The Morgan fingerprint density at radius 2 is 2.12 bits per heavy atom. The molecule has 0 aliphatic heterocycles. The van der Waals surface area contributed by atoms with Crippen molar-refractivity contribution in [2.24, 2.45) is 0 Å². The number of aromatic nitrogens is 3. The third-order valence-corrected chi connectivity index (χ3v) is 2.29. The minimum atomic E-state index is -0.357. The highest BCUT2D eigenvalue weighted by molar-refractivity contribution is 6.31. The first-order valence-electron chi connectivity index (χ1n) is 4.70. The summed E-state index contributed by atoms with van der Waals surface area (Å²) in [6, 6.07) is 4.80. The summed E-state index contributed by atoms with van der Waals surface area (Å²) in [7, 11) is 1.48. The third-order valence-electron chi connectivity index (χ3n) is 2.06. The van der Waals surface area contributed by atoms with Gasteiger partial charge in [0.1, 0.15) is 18.4 Å². The van der Waals surface area contributed by atoms with Gasteiger partial charge in [0.2, 0.25) is 0 Å². The van der Waals surface area contributed by atoms with Gasteiger partial charge in [-0.2, -0.15) is 0 Å². The molecule has 1 heterocycles.